The van der Waals surface area contributed by atoms with Crippen LogP contribution in [0.1, 0.15) is 13.3 Å². The van der Waals surface area contributed by atoms with Crippen LogP contribution in [0.4, 0.5) is 4.79 Å². The Morgan fingerprint density at radius 2 is 2.08 bits per heavy atom. The van der Waals surface area contributed by atoms with Gasteiger partial charge in [0.05, 0.1) is 0 Å². The van der Waals surface area contributed by atoms with Crippen LogP contribution >= 0.6 is 0 Å². The molecule has 1 heterocycles. The molecule has 1 fully saturated rings. The van der Waals surface area contributed by atoms with Crippen molar-refractivity contribution in [2.45, 2.75) is 25.6 Å². The fraction of sp³-hybridized carbons (Fsp3) is 0.500. The van der Waals surface area contributed by atoms with Gasteiger partial charge in [-0.15, -0.1) is 0 Å². The third kappa shape index (κ3) is 2.34. The number of rotatable bonds is 2. The molecule has 3 unspecified atom stereocenters. The fourth-order valence-electron chi connectivity index (χ4n) is 1.35. The molecular formula is C10H14O3. The molecule has 0 radical (unpaired) electrons. The van der Waals surface area contributed by atoms with E-state index in [0.29, 0.717) is 0 Å². The second-order valence-electron chi connectivity index (χ2n) is 3.17. The lowest BCUT2D eigenvalue weighted by Crippen LogP contribution is -2.19. The molecule has 1 aliphatic heterocycles. The molecule has 0 aliphatic carbocycles. The summed E-state index contributed by atoms with van der Waals surface area (Å²) >= 11 is 0. The quantitative estimate of drug-likeness (QED) is 0.485. The Bertz CT molecular complexity index is 222. The largest absolute Gasteiger partial charge is 0.509 e. The molecule has 3 atom stereocenters. The van der Waals surface area contributed by atoms with E-state index in [1.165, 1.54) is 0 Å². The standard InChI is InChI=1S/C10H14O3/c1-4-8-6-7(3)9(5-2)13-10(11)12-8/h4-5,7-9H,1-2,6H2,3H3. The van der Waals surface area contributed by atoms with E-state index in [-0.39, 0.29) is 18.1 Å². The molecule has 0 saturated carbocycles. The van der Waals surface area contributed by atoms with Gasteiger partial charge in [-0.2, -0.15) is 0 Å². The number of carbonyl (C=O) groups excluding carboxylic acids is 1. The van der Waals surface area contributed by atoms with Gasteiger partial charge in [-0.1, -0.05) is 32.2 Å². The van der Waals surface area contributed by atoms with Crippen molar-refractivity contribution in [3.05, 3.63) is 25.3 Å². The molecule has 13 heavy (non-hydrogen) atoms. The Morgan fingerprint density at radius 1 is 1.38 bits per heavy atom. The average molecular weight is 182 g/mol. The van der Waals surface area contributed by atoms with Crippen LogP contribution < -0.4 is 0 Å². The smallest absolute Gasteiger partial charge is 0.427 e. The van der Waals surface area contributed by atoms with Crippen LogP contribution in [0.5, 0.6) is 0 Å². The third-order valence-electron chi connectivity index (χ3n) is 2.14. The van der Waals surface area contributed by atoms with Gasteiger partial charge in [0.1, 0.15) is 12.2 Å². The van der Waals surface area contributed by atoms with E-state index in [1.54, 1.807) is 12.2 Å². The van der Waals surface area contributed by atoms with Crippen LogP contribution in [0.15, 0.2) is 25.3 Å². The predicted octanol–water partition coefficient (Wildman–Crippen LogP) is 2.29. The summed E-state index contributed by atoms with van der Waals surface area (Å²) in [6, 6.07) is 0. The minimum absolute atomic E-state index is 0.215. The van der Waals surface area contributed by atoms with Crippen molar-refractivity contribution < 1.29 is 14.3 Å². The summed E-state index contributed by atoms with van der Waals surface area (Å²) in [7, 11) is 0. The Morgan fingerprint density at radius 3 is 2.62 bits per heavy atom. The highest BCUT2D eigenvalue weighted by molar-refractivity contribution is 5.61. The first-order chi connectivity index (χ1) is 6.17. The van der Waals surface area contributed by atoms with Crippen LogP contribution in [-0.4, -0.2) is 18.4 Å². The third-order valence-corrected chi connectivity index (χ3v) is 2.14. The topological polar surface area (TPSA) is 35.5 Å². The van der Waals surface area contributed by atoms with Crippen LogP contribution in [0.2, 0.25) is 0 Å². The Hall–Kier alpha value is -1.25. The average Bonchev–Trinajstić information content (AvgIpc) is 2.25. The van der Waals surface area contributed by atoms with E-state index < -0.39 is 6.16 Å². The number of hydrogen-bond acceptors (Lipinski definition) is 3. The molecule has 0 bridgehead atoms. The molecule has 1 saturated heterocycles. The second-order valence-corrected chi connectivity index (χ2v) is 3.17. The molecule has 1 rings (SSSR count). The summed E-state index contributed by atoms with van der Waals surface area (Å²) in [6.45, 7) is 9.18. The summed E-state index contributed by atoms with van der Waals surface area (Å²) in [6.07, 6.45) is 2.83. The molecule has 3 heteroatoms. The molecule has 0 aromatic carbocycles. The SMILES string of the molecule is C=CC1CC(C)C(C=C)OC(=O)O1. The lowest BCUT2D eigenvalue weighted by Gasteiger charge is -2.15. The van der Waals surface area contributed by atoms with Crippen LogP contribution in [0.3, 0.4) is 0 Å². The van der Waals surface area contributed by atoms with Gasteiger partial charge in [0.25, 0.3) is 0 Å². The molecule has 3 nitrogen and oxygen atoms in total. The van der Waals surface area contributed by atoms with Gasteiger partial charge < -0.3 is 9.47 Å². The van der Waals surface area contributed by atoms with Crippen LogP contribution in [0.25, 0.3) is 0 Å². The predicted molar refractivity (Wildman–Crippen MR) is 49.3 cm³/mol. The zero-order valence-corrected chi connectivity index (χ0v) is 7.73. The van der Waals surface area contributed by atoms with Gasteiger partial charge in [-0.25, -0.2) is 4.79 Å². The van der Waals surface area contributed by atoms with Crippen LogP contribution in [-0.2, 0) is 9.47 Å². The maximum Gasteiger partial charge on any atom is 0.509 e. The van der Waals surface area contributed by atoms with Crippen molar-refractivity contribution in [3.63, 3.8) is 0 Å². The lowest BCUT2D eigenvalue weighted by atomic mass is 9.98. The van der Waals surface area contributed by atoms with Crippen molar-refractivity contribution in [2.24, 2.45) is 5.92 Å². The maximum atomic E-state index is 11.0. The summed E-state index contributed by atoms with van der Waals surface area (Å²) in [5.74, 6) is 0.215. The molecule has 72 valence electrons. The molecule has 0 amide bonds. The molecule has 0 N–H and O–H groups in total. The molecule has 0 aromatic heterocycles. The first kappa shape index (κ1) is 9.84. The van der Waals surface area contributed by atoms with Crippen molar-refractivity contribution in [1.82, 2.24) is 0 Å². The van der Waals surface area contributed by atoms with E-state index in [2.05, 4.69) is 13.2 Å². The molecule has 0 aromatic rings. The van der Waals surface area contributed by atoms with Crippen molar-refractivity contribution in [1.29, 1.82) is 0 Å². The van der Waals surface area contributed by atoms with E-state index in [4.69, 9.17) is 9.47 Å². The lowest BCUT2D eigenvalue weighted by molar-refractivity contribution is 0.0396. The van der Waals surface area contributed by atoms with Gasteiger partial charge in [0.15, 0.2) is 0 Å². The second kappa shape index (κ2) is 4.12. The number of cyclic esters (lactones) is 2. The van der Waals surface area contributed by atoms with Gasteiger partial charge in [0.2, 0.25) is 0 Å². The summed E-state index contributed by atoms with van der Waals surface area (Å²) in [4.78, 5) is 11.0. The van der Waals surface area contributed by atoms with Gasteiger partial charge in [-0.3, -0.25) is 0 Å². The minimum atomic E-state index is -0.640. The highest BCUT2D eigenvalue weighted by Gasteiger charge is 2.28. The molecular weight excluding hydrogens is 168 g/mol. The maximum absolute atomic E-state index is 11.0. The van der Waals surface area contributed by atoms with Gasteiger partial charge in [-0.05, 0) is 6.42 Å². The van der Waals surface area contributed by atoms with Gasteiger partial charge >= 0.3 is 6.16 Å². The first-order valence-electron chi connectivity index (χ1n) is 4.29. The first-order valence-corrected chi connectivity index (χ1v) is 4.29. The molecule has 0 spiro atoms. The number of hydrogen-bond donors (Lipinski definition) is 0. The van der Waals surface area contributed by atoms with Crippen molar-refractivity contribution in [3.8, 4) is 0 Å². The van der Waals surface area contributed by atoms with E-state index in [1.807, 2.05) is 6.92 Å². The normalized spacial score (nSPS) is 33.9. The van der Waals surface area contributed by atoms with E-state index in [0.717, 1.165) is 6.42 Å². The highest BCUT2D eigenvalue weighted by atomic mass is 16.7. The Labute approximate surface area is 78.0 Å². The van der Waals surface area contributed by atoms with Crippen LogP contribution in [0, 0.1) is 5.92 Å². The van der Waals surface area contributed by atoms with E-state index >= 15 is 0 Å². The minimum Gasteiger partial charge on any atom is -0.427 e. The van der Waals surface area contributed by atoms with E-state index in [9.17, 15) is 4.79 Å². The monoisotopic (exact) mass is 182 g/mol. The summed E-state index contributed by atoms with van der Waals surface area (Å²) < 4.78 is 9.91. The number of carbonyl (C=O) groups is 1. The Balaban J connectivity index is 2.72. The van der Waals surface area contributed by atoms with Gasteiger partial charge in [0, 0.05) is 5.92 Å². The van der Waals surface area contributed by atoms with Crippen molar-refractivity contribution >= 4 is 6.16 Å². The van der Waals surface area contributed by atoms with Crippen molar-refractivity contribution in [2.75, 3.05) is 0 Å². The molecule has 1 aliphatic rings. The fourth-order valence-corrected chi connectivity index (χ4v) is 1.35. The Kier molecular flexibility index (Phi) is 3.12. The zero-order valence-electron chi connectivity index (χ0n) is 7.73. The summed E-state index contributed by atoms with van der Waals surface area (Å²) in [5, 5.41) is 0. The highest BCUT2D eigenvalue weighted by Crippen LogP contribution is 2.22. The number of ether oxygens (including phenoxy) is 2. The zero-order chi connectivity index (χ0) is 9.84. The summed E-state index contributed by atoms with van der Waals surface area (Å²) in [5.41, 5.74) is 0.